The van der Waals surface area contributed by atoms with E-state index in [1.807, 2.05) is 0 Å². The van der Waals surface area contributed by atoms with Crippen molar-refractivity contribution >= 4 is 49.9 Å². The van der Waals surface area contributed by atoms with Crippen molar-refractivity contribution in [3.63, 3.8) is 0 Å². The molecule has 7 heterocycles. The lowest BCUT2D eigenvalue weighted by Gasteiger charge is -2.29. The van der Waals surface area contributed by atoms with Gasteiger partial charge in [-0.25, -0.2) is 9.97 Å². The van der Waals surface area contributed by atoms with E-state index in [0.717, 1.165) is 0 Å². The summed E-state index contributed by atoms with van der Waals surface area (Å²) in [6, 6.07) is 0. The largest absolute Gasteiger partial charge is 0.756 e. The van der Waals surface area contributed by atoms with Crippen molar-refractivity contribution in [2.45, 2.75) is 56.1 Å². The molecule has 22 nitrogen and oxygen atoms in total. The second-order valence-corrected chi connectivity index (χ2v) is 13.1. The molecule has 0 aliphatic carbocycles. The Labute approximate surface area is 249 Å². The number of hydrogen-bond acceptors (Lipinski definition) is 18. The zero-order chi connectivity index (χ0) is 31.7. The highest BCUT2D eigenvalue weighted by molar-refractivity contribution is 7.46. The van der Waals surface area contributed by atoms with Gasteiger partial charge in [0.25, 0.3) is 26.8 Å². The standard InChI is InChI=1S/C21H26N10O12P2/c22-20-26-16-14(18(32)28-20)24-6-30(16)12-3-9-8(40-12)1-2-38-44(34,35)43-10-4-13(41-11(10)5-39-45(36,37)42-9)31-7-25-15-17(31)27-21(23)29-19(15)33/h6-13H,1-5H2,(H,34,35)(H,36,37)(H3,22,26,28,32)(H3,23,27,29,33)/p-2/t8-,9?,10?,11-,12-,13-/m1/s1. The highest BCUT2D eigenvalue weighted by Crippen LogP contribution is 2.50. The van der Waals surface area contributed by atoms with E-state index in [4.69, 9.17) is 39.0 Å². The van der Waals surface area contributed by atoms with E-state index in [-0.39, 0.29) is 53.5 Å². The summed E-state index contributed by atoms with van der Waals surface area (Å²) in [7, 11) is -10.1. The summed E-state index contributed by atoms with van der Waals surface area (Å²) >= 11 is 0. The Morgan fingerprint density at radius 3 is 1.82 bits per heavy atom. The van der Waals surface area contributed by atoms with Gasteiger partial charge in [-0.3, -0.25) is 37.8 Å². The highest BCUT2D eigenvalue weighted by atomic mass is 31.2. The number of anilines is 2. The number of nitrogen functional groups attached to an aromatic ring is 2. The number of aromatic amines is 2. The van der Waals surface area contributed by atoms with Crippen LogP contribution in [0.15, 0.2) is 22.2 Å². The molecule has 0 spiro atoms. The van der Waals surface area contributed by atoms with Gasteiger partial charge in [0.1, 0.15) is 18.6 Å². The lowest BCUT2D eigenvalue weighted by Crippen LogP contribution is -2.31. The fourth-order valence-electron chi connectivity index (χ4n) is 5.52. The third-order valence-corrected chi connectivity index (χ3v) is 9.48. The molecule has 7 rings (SSSR count). The van der Waals surface area contributed by atoms with Gasteiger partial charge in [0.2, 0.25) is 11.9 Å². The average Bonchev–Trinajstić information content (AvgIpc) is 3.72. The molecule has 3 fully saturated rings. The number of imidazole rings is 2. The maximum absolute atomic E-state index is 13.0. The summed E-state index contributed by atoms with van der Waals surface area (Å²) < 4.78 is 61.3. The average molecular weight is 670 g/mol. The quantitative estimate of drug-likeness (QED) is 0.170. The molecule has 0 radical (unpaired) electrons. The van der Waals surface area contributed by atoms with E-state index in [1.165, 1.54) is 21.8 Å². The predicted molar refractivity (Wildman–Crippen MR) is 144 cm³/mol. The van der Waals surface area contributed by atoms with Crippen molar-refractivity contribution in [2.75, 3.05) is 24.7 Å². The second kappa shape index (κ2) is 11.1. The molecular formula is C21H24N10O12P2-2. The number of phosphoric acid groups is 2. The minimum absolute atomic E-state index is 0.0272. The van der Waals surface area contributed by atoms with Gasteiger partial charge < -0.3 is 48.8 Å². The first-order chi connectivity index (χ1) is 21.4. The molecule has 3 aliphatic heterocycles. The Bertz CT molecular complexity index is 1990. The monoisotopic (exact) mass is 670 g/mol. The van der Waals surface area contributed by atoms with Crippen LogP contribution < -0.4 is 32.4 Å². The molecule has 0 aromatic carbocycles. The highest BCUT2D eigenvalue weighted by Gasteiger charge is 2.43. The molecule has 0 bridgehead atoms. The lowest BCUT2D eigenvalue weighted by atomic mass is 10.1. The number of H-pyrrole nitrogens is 2. The van der Waals surface area contributed by atoms with Crippen molar-refractivity contribution in [1.29, 1.82) is 0 Å². The second-order valence-electron chi connectivity index (χ2n) is 10.4. The molecule has 45 heavy (non-hydrogen) atoms. The van der Waals surface area contributed by atoms with Crippen LogP contribution in [0.4, 0.5) is 11.9 Å². The van der Waals surface area contributed by atoms with Crippen LogP contribution in [0.25, 0.3) is 22.3 Å². The summed E-state index contributed by atoms with van der Waals surface area (Å²) in [5, 5.41) is 0. The van der Waals surface area contributed by atoms with E-state index in [1.54, 1.807) is 0 Å². The molecule has 4 aromatic rings. The molecule has 3 aliphatic rings. The number of nitrogens with zero attached hydrogens (tertiary/aromatic N) is 6. The maximum Gasteiger partial charge on any atom is 0.280 e. The zero-order valence-electron chi connectivity index (χ0n) is 22.8. The van der Waals surface area contributed by atoms with E-state index < -0.39 is 76.8 Å². The van der Waals surface area contributed by atoms with Gasteiger partial charge in [0, 0.05) is 19.3 Å². The fraction of sp³-hybridized carbons (Fsp3) is 0.524. The van der Waals surface area contributed by atoms with Gasteiger partial charge in [-0.1, -0.05) is 0 Å². The summed E-state index contributed by atoms with van der Waals surface area (Å²) in [6.45, 7) is -1.16. The first kappa shape index (κ1) is 30.1. The van der Waals surface area contributed by atoms with Crippen LogP contribution in [0.3, 0.4) is 0 Å². The number of aromatic nitrogens is 8. The Kier molecular flexibility index (Phi) is 7.40. The smallest absolute Gasteiger partial charge is 0.280 e. The fourth-order valence-corrected chi connectivity index (χ4v) is 7.40. The summed E-state index contributed by atoms with van der Waals surface area (Å²) in [5.41, 5.74) is 10.2. The van der Waals surface area contributed by atoms with E-state index >= 15 is 0 Å². The maximum atomic E-state index is 13.0. The van der Waals surface area contributed by atoms with Crippen LogP contribution in [-0.2, 0) is 36.7 Å². The number of hydrogen-bond donors (Lipinski definition) is 4. The third kappa shape index (κ3) is 5.81. The minimum atomic E-state index is -5.07. The SMILES string of the molecule is Nc1nc2c(ncn2[C@H]2CC3OP(=O)([O-])OC[C@H]4O[C@@H](n5cnc6c(=O)[nH]c(N)nc65)CC4OP(=O)([O-])OCC[C@H]3O2)c(=O)[nH]1. The molecular weight excluding hydrogens is 646 g/mol. The molecule has 4 aromatic heterocycles. The van der Waals surface area contributed by atoms with E-state index in [0.29, 0.717) is 0 Å². The Hall–Kier alpha value is -3.56. The topological polar surface area (TPSA) is 315 Å². The van der Waals surface area contributed by atoms with Crippen molar-refractivity contribution in [3.8, 4) is 0 Å². The molecule has 6 N–H and O–H groups in total. The Morgan fingerprint density at radius 2 is 1.27 bits per heavy atom. The number of nitrogens with two attached hydrogens (primary N) is 2. The van der Waals surface area contributed by atoms with Crippen molar-refractivity contribution in [3.05, 3.63) is 33.4 Å². The summed E-state index contributed by atoms with van der Waals surface area (Å²) in [5.74, 6) is -0.365. The Balaban J connectivity index is 1.13. The van der Waals surface area contributed by atoms with Gasteiger partial charge in [-0.05, 0) is 0 Å². The van der Waals surface area contributed by atoms with Crippen molar-refractivity contribution in [1.82, 2.24) is 39.0 Å². The van der Waals surface area contributed by atoms with Crippen LogP contribution in [0.5, 0.6) is 0 Å². The molecule has 8 atom stereocenters. The Morgan fingerprint density at radius 1 is 0.778 bits per heavy atom. The van der Waals surface area contributed by atoms with Crippen LogP contribution in [0.1, 0.15) is 31.7 Å². The predicted octanol–water partition coefficient (Wildman–Crippen LogP) is -1.86. The molecule has 4 unspecified atom stereocenters. The lowest BCUT2D eigenvalue weighted by molar-refractivity contribution is -0.234. The van der Waals surface area contributed by atoms with Gasteiger partial charge >= 0.3 is 0 Å². The summed E-state index contributed by atoms with van der Waals surface area (Å²) in [4.78, 5) is 71.0. The van der Waals surface area contributed by atoms with Crippen LogP contribution in [-0.4, -0.2) is 76.7 Å². The molecule has 24 heteroatoms. The first-order valence-electron chi connectivity index (χ1n) is 13.4. The third-order valence-electron chi connectivity index (χ3n) is 7.46. The van der Waals surface area contributed by atoms with Crippen molar-refractivity contribution in [2.24, 2.45) is 0 Å². The zero-order valence-corrected chi connectivity index (χ0v) is 24.6. The molecule has 0 saturated carbocycles. The summed E-state index contributed by atoms with van der Waals surface area (Å²) in [6.07, 6.45) is -4.49. The number of nitrogens with one attached hydrogen (secondary N) is 2. The normalized spacial score (nSPS) is 34.6. The van der Waals surface area contributed by atoms with Gasteiger partial charge in [0.05, 0.1) is 44.2 Å². The van der Waals surface area contributed by atoms with Crippen LogP contribution in [0.2, 0.25) is 0 Å². The minimum Gasteiger partial charge on any atom is -0.756 e. The number of ether oxygens (including phenoxy) is 2. The van der Waals surface area contributed by atoms with Gasteiger partial charge in [-0.15, -0.1) is 0 Å². The van der Waals surface area contributed by atoms with Gasteiger partial charge in [-0.2, -0.15) is 9.97 Å². The molecule has 242 valence electrons. The van der Waals surface area contributed by atoms with Gasteiger partial charge in [0.15, 0.2) is 22.3 Å². The van der Waals surface area contributed by atoms with Crippen molar-refractivity contribution < 1.29 is 46.5 Å². The van der Waals surface area contributed by atoms with E-state index in [9.17, 15) is 28.5 Å². The first-order valence-corrected chi connectivity index (χ1v) is 16.3. The molecule has 0 amide bonds. The van der Waals surface area contributed by atoms with Crippen LogP contribution >= 0.6 is 15.6 Å². The van der Waals surface area contributed by atoms with E-state index in [2.05, 4.69) is 29.9 Å². The molecule has 3 saturated heterocycles. The number of phosphoric ester groups is 2. The van der Waals surface area contributed by atoms with Crippen LogP contribution in [0, 0.1) is 0 Å². The number of fused-ring (bicyclic) bond motifs is 4. The number of rotatable bonds is 2.